The fraction of sp³-hybridized carbons (Fsp3) is 0.579. The summed E-state index contributed by atoms with van der Waals surface area (Å²) in [6, 6.07) is 6.12. The molecule has 0 unspecified atom stereocenters. The van der Waals surface area contributed by atoms with Crippen LogP contribution >= 0.6 is 0 Å². The van der Waals surface area contributed by atoms with E-state index in [9.17, 15) is 23.1 Å². The van der Waals surface area contributed by atoms with Crippen LogP contribution in [0.15, 0.2) is 29.2 Å². The highest BCUT2D eigenvalue weighted by Crippen LogP contribution is 2.31. The summed E-state index contributed by atoms with van der Waals surface area (Å²) in [6.45, 7) is 1.08. The molecule has 1 saturated carbocycles. The van der Waals surface area contributed by atoms with Gasteiger partial charge in [0.15, 0.2) is 0 Å². The molecule has 2 fully saturated rings. The van der Waals surface area contributed by atoms with Gasteiger partial charge < -0.3 is 10.4 Å². The number of benzene rings is 1. The molecule has 0 aromatic heterocycles. The molecular weight excluding hydrogens is 368 g/mol. The number of piperidine rings is 1. The number of aliphatic carboxylic acids is 1. The summed E-state index contributed by atoms with van der Waals surface area (Å²) in [5.74, 6) is -2.45. The van der Waals surface area contributed by atoms with Crippen molar-refractivity contribution in [3.63, 3.8) is 0 Å². The van der Waals surface area contributed by atoms with Gasteiger partial charge in [0.05, 0.1) is 16.7 Å². The lowest BCUT2D eigenvalue weighted by molar-refractivity contribution is -0.147. The van der Waals surface area contributed by atoms with E-state index in [-0.39, 0.29) is 10.8 Å². The minimum absolute atomic E-state index is 0.212. The van der Waals surface area contributed by atoms with Crippen LogP contribution in [0.4, 0.5) is 5.69 Å². The minimum atomic E-state index is -3.50. The number of carbonyl (C=O) groups is 2. The molecule has 7 nitrogen and oxygen atoms in total. The van der Waals surface area contributed by atoms with Crippen molar-refractivity contribution in [2.24, 2.45) is 11.8 Å². The number of carbonyl (C=O) groups excluding carboxylic acids is 1. The zero-order valence-corrected chi connectivity index (χ0v) is 16.1. The van der Waals surface area contributed by atoms with Crippen LogP contribution in [0, 0.1) is 11.8 Å². The minimum Gasteiger partial charge on any atom is -0.481 e. The van der Waals surface area contributed by atoms with Crippen molar-refractivity contribution in [1.82, 2.24) is 4.31 Å². The number of anilines is 1. The summed E-state index contributed by atoms with van der Waals surface area (Å²) in [6.07, 6.45) is 5.54. The molecule has 2 N–H and O–H groups in total. The fourth-order valence-corrected chi connectivity index (χ4v) is 5.46. The molecule has 0 radical (unpaired) electrons. The number of carboxylic acids is 1. The van der Waals surface area contributed by atoms with E-state index < -0.39 is 27.8 Å². The number of rotatable bonds is 5. The Kier molecular flexibility index (Phi) is 6.16. The first-order chi connectivity index (χ1) is 12.9. The quantitative estimate of drug-likeness (QED) is 0.799. The average molecular weight is 394 g/mol. The van der Waals surface area contributed by atoms with Gasteiger partial charge in [-0.1, -0.05) is 19.3 Å². The number of hydrogen-bond donors (Lipinski definition) is 2. The van der Waals surface area contributed by atoms with Crippen LogP contribution in [-0.4, -0.2) is 42.8 Å². The van der Waals surface area contributed by atoms with Gasteiger partial charge in [-0.3, -0.25) is 9.59 Å². The van der Waals surface area contributed by atoms with E-state index in [4.69, 9.17) is 0 Å². The summed E-state index contributed by atoms with van der Waals surface area (Å²) in [5, 5.41) is 12.1. The predicted molar refractivity (Wildman–Crippen MR) is 101 cm³/mol. The second-order valence-corrected chi connectivity index (χ2v) is 9.25. The van der Waals surface area contributed by atoms with Crippen molar-refractivity contribution in [3.8, 4) is 0 Å². The van der Waals surface area contributed by atoms with Crippen molar-refractivity contribution in [2.75, 3.05) is 18.4 Å². The van der Waals surface area contributed by atoms with E-state index in [2.05, 4.69) is 5.32 Å². The number of carboxylic acid groups (broad SMARTS) is 1. The van der Waals surface area contributed by atoms with Crippen molar-refractivity contribution >= 4 is 27.6 Å². The lowest BCUT2D eigenvalue weighted by Gasteiger charge is -2.27. The summed E-state index contributed by atoms with van der Waals surface area (Å²) in [7, 11) is -3.50. The van der Waals surface area contributed by atoms with E-state index in [1.54, 1.807) is 12.1 Å². The van der Waals surface area contributed by atoms with Gasteiger partial charge in [-0.05, 0) is 49.9 Å². The molecule has 0 bridgehead atoms. The molecule has 2 aliphatic rings. The van der Waals surface area contributed by atoms with Gasteiger partial charge >= 0.3 is 5.97 Å². The zero-order valence-electron chi connectivity index (χ0n) is 15.3. The van der Waals surface area contributed by atoms with E-state index >= 15 is 0 Å². The first kappa shape index (κ1) is 19.8. The number of nitrogens with zero attached hydrogens (tertiary/aromatic N) is 1. The molecule has 1 aliphatic heterocycles. The maximum atomic E-state index is 12.7. The Morgan fingerprint density at radius 2 is 1.52 bits per heavy atom. The van der Waals surface area contributed by atoms with Crippen LogP contribution in [-0.2, 0) is 19.6 Å². The second kappa shape index (κ2) is 8.39. The van der Waals surface area contributed by atoms with Gasteiger partial charge in [-0.25, -0.2) is 8.42 Å². The van der Waals surface area contributed by atoms with E-state index in [0.717, 1.165) is 32.1 Å². The van der Waals surface area contributed by atoms with Gasteiger partial charge in [-0.15, -0.1) is 0 Å². The Labute approximate surface area is 159 Å². The summed E-state index contributed by atoms with van der Waals surface area (Å²) in [4.78, 5) is 24.1. The van der Waals surface area contributed by atoms with Crippen molar-refractivity contribution < 1.29 is 23.1 Å². The molecule has 0 spiro atoms. The molecule has 3 rings (SSSR count). The number of amides is 1. The third-order valence-electron chi connectivity index (χ3n) is 5.49. The lowest BCUT2D eigenvalue weighted by atomic mass is 9.78. The Balaban J connectivity index is 1.68. The molecular formula is C19H26N2O5S. The molecule has 1 aromatic carbocycles. The summed E-state index contributed by atoms with van der Waals surface area (Å²) in [5.41, 5.74) is 0.479. The normalized spacial score (nSPS) is 24.3. The van der Waals surface area contributed by atoms with Crippen LogP contribution in [0.3, 0.4) is 0 Å². The topological polar surface area (TPSA) is 104 Å². The highest BCUT2D eigenvalue weighted by atomic mass is 32.2. The van der Waals surface area contributed by atoms with E-state index in [1.807, 2.05) is 0 Å². The Morgan fingerprint density at radius 1 is 0.926 bits per heavy atom. The molecule has 1 amide bonds. The number of nitrogens with one attached hydrogen (secondary N) is 1. The summed E-state index contributed by atoms with van der Waals surface area (Å²) >= 11 is 0. The van der Waals surface area contributed by atoms with Gasteiger partial charge in [0, 0.05) is 18.8 Å². The highest BCUT2D eigenvalue weighted by Gasteiger charge is 2.35. The second-order valence-electron chi connectivity index (χ2n) is 7.31. The SMILES string of the molecule is O=C(O)[C@H]1CCCC[C@@H]1C(=O)Nc1ccc(S(=O)(=O)N2CCCCC2)cc1. The number of hydrogen-bond acceptors (Lipinski definition) is 4. The molecule has 2 atom stereocenters. The maximum Gasteiger partial charge on any atom is 0.307 e. The average Bonchev–Trinajstić information content (AvgIpc) is 2.69. The van der Waals surface area contributed by atoms with Crippen molar-refractivity contribution in [2.45, 2.75) is 49.8 Å². The third-order valence-corrected chi connectivity index (χ3v) is 7.41. The van der Waals surface area contributed by atoms with E-state index in [1.165, 1.54) is 16.4 Å². The van der Waals surface area contributed by atoms with Gasteiger partial charge in [0.2, 0.25) is 15.9 Å². The first-order valence-electron chi connectivity index (χ1n) is 9.53. The van der Waals surface area contributed by atoms with Crippen LogP contribution in [0.1, 0.15) is 44.9 Å². The molecule has 1 aromatic rings. The highest BCUT2D eigenvalue weighted by molar-refractivity contribution is 7.89. The smallest absolute Gasteiger partial charge is 0.307 e. The van der Waals surface area contributed by atoms with Crippen LogP contribution in [0.2, 0.25) is 0 Å². The molecule has 1 heterocycles. The van der Waals surface area contributed by atoms with Gasteiger partial charge in [0.1, 0.15) is 0 Å². The number of sulfonamides is 1. The standard InChI is InChI=1S/C19H26N2O5S/c22-18(16-6-2-3-7-17(16)19(23)24)20-14-8-10-15(11-9-14)27(25,26)21-12-4-1-5-13-21/h8-11,16-17H,1-7,12-13H2,(H,20,22)(H,23,24)/t16-,17-/m0/s1. The molecule has 148 valence electrons. The maximum absolute atomic E-state index is 12.7. The summed E-state index contributed by atoms with van der Waals surface area (Å²) < 4.78 is 26.8. The Bertz CT molecular complexity index is 785. The van der Waals surface area contributed by atoms with E-state index in [0.29, 0.717) is 31.6 Å². The zero-order chi connectivity index (χ0) is 19.4. The van der Waals surface area contributed by atoms with Gasteiger partial charge in [-0.2, -0.15) is 4.31 Å². The monoisotopic (exact) mass is 394 g/mol. The third kappa shape index (κ3) is 4.50. The largest absolute Gasteiger partial charge is 0.481 e. The van der Waals surface area contributed by atoms with Crippen LogP contribution in [0.25, 0.3) is 0 Å². The Morgan fingerprint density at radius 3 is 2.11 bits per heavy atom. The van der Waals surface area contributed by atoms with Crippen molar-refractivity contribution in [1.29, 1.82) is 0 Å². The molecule has 27 heavy (non-hydrogen) atoms. The Hall–Kier alpha value is -1.93. The van der Waals surface area contributed by atoms with Crippen molar-refractivity contribution in [3.05, 3.63) is 24.3 Å². The van der Waals surface area contributed by atoms with Crippen LogP contribution < -0.4 is 5.32 Å². The first-order valence-corrected chi connectivity index (χ1v) is 11.0. The molecule has 1 saturated heterocycles. The molecule has 8 heteroatoms. The predicted octanol–water partition coefficient (Wildman–Crippen LogP) is 2.69. The lowest BCUT2D eigenvalue weighted by Crippen LogP contribution is -2.36. The fourth-order valence-electron chi connectivity index (χ4n) is 3.94. The van der Waals surface area contributed by atoms with Crippen LogP contribution in [0.5, 0.6) is 0 Å². The molecule has 1 aliphatic carbocycles. The van der Waals surface area contributed by atoms with Gasteiger partial charge in [0.25, 0.3) is 0 Å².